The van der Waals surface area contributed by atoms with E-state index in [2.05, 4.69) is 34.6 Å². The molecule has 0 saturated carbocycles. The van der Waals surface area contributed by atoms with Crippen LogP contribution in [-0.4, -0.2) is 37.2 Å². The summed E-state index contributed by atoms with van der Waals surface area (Å²) in [5.74, 6) is 0.789. The van der Waals surface area contributed by atoms with E-state index in [1.807, 2.05) is 0 Å². The Morgan fingerprint density at radius 2 is 0.679 bits per heavy atom. The van der Waals surface area contributed by atoms with Gasteiger partial charge in [-0.05, 0) is 31.1 Å². The van der Waals surface area contributed by atoms with Gasteiger partial charge in [0, 0.05) is 19.3 Å². The van der Waals surface area contributed by atoms with Gasteiger partial charge in [0.15, 0.2) is 6.10 Å². The third-order valence-corrected chi connectivity index (χ3v) is 11.6. The van der Waals surface area contributed by atoms with Crippen LogP contribution in [0.5, 0.6) is 0 Å². The highest BCUT2D eigenvalue weighted by Crippen LogP contribution is 2.17. The molecule has 0 rings (SSSR count). The third-order valence-electron chi connectivity index (χ3n) is 11.6. The summed E-state index contributed by atoms with van der Waals surface area (Å²) in [5.41, 5.74) is 0. The molecule has 0 N–H and O–H groups in total. The van der Waals surface area contributed by atoms with E-state index in [0.717, 1.165) is 69.6 Å². The number of unbranched alkanes of at least 4 members (excludes halogenated alkanes) is 28. The van der Waals surface area contributed by atoms with E-state index < -0.39 is 6.10 Å². The molecular weight excluding hydrogens is 697 g/mol. The predicted octanol–water partition coefficient (Wildman–Crippen LogP) is 15.8. The zero-order valence-electron chi connectivity index (χ0n) is 38.3. The molecule has 0 aliphatic rings. The van der Waals surface area contributed by atoms with E-state index >= 15 is 0 Å². The van der Waals surface area contributed by atoms with Crippen LogP contribution in [0.4, 0.5) is 0 Å². The van der Waals surface area contributed by atoms with Crippen molar-refractivity contribution in [3.05, 3.63) is 0 Å². The van der Waals surface area contributed by atoms with E-state index in [1.165, 1.54) is 161 Å². The topological polar surface area (TPSA) is 78.9 Å². The first-order valence-electron chi connectivity index (χ1n) is 24.8. The molecule has 56 heavy (non-hydrogen) atoms. The lowest BCUT2D eigenvalue weighted by Gasteiger charge is -2.18. The monoisotopic (exact) mass is 793 g/mol. The predicted molar refractivity (Wildman–Crippen MR) is 238 cm³/mol. The van der Waals surface area contributed by atoms with Crippen molar-refractivity contribution in [3.63, 3.8) is 0 Å². The van der Waals surface area contributed by atoms with E-state index in [0.29, 0.717) is 19.3 Å². The van der Waals surface area contributed by atoms with E-state index in [4.69, 9.17) is 14.2 Å². The van der Waals surface area contributed by atoms with Gasteiger partial charge < -0.3 is 14.2 Å². The second-order valence-electron chi connectivity index (χ2n) is 17.8. The first-order valence-corrected chi connectivity index (χ1v) is 24.8. The minimum absolute atomic E-state index is 0.0649. The van der Waals surface area contributed by atoms with E-state index in [9.17, 15) is 14.4 Å². The van der Waals surface area contributed by atoms with Crippen molar-refractivity contribution in [2.45, 2.75) is 278 Å². The Labute approximate surface area is 348 Å². The van der Waals surface area contributed by atoms with Crippen LogP contribution in [-0.2, 0) is 28.6 Å². The zero-order valence-corrected chi connectivity index (χ0v) is 38.3. The lowest BCUT2D eigenvalue weighted by Crippen LogP contribution is -2.30. The van der Waals surface area contributed by atoms with Gasteiger partial charge in [-0.15, -0.1) is 0 Å². The second kappa shape index (κ2) is 43.0. The Morgan fingerprint density at radius 1 is 0.375 bits per heavy atom. The summed E-state index contributed by atoms with van der Waals surface area (Å²) < 4.78 is 16.8. The molecule has 1 unspecified atom stereocenters. The Kier molecular flexibility index (Phi) is 41.8. The Balaban J connectivity index is 4.30. The number of carbonyl (C=O) groups is 3. The molecule has 2 atom stereocenters. The highest BCUT2D eigenvalue weighted by molar-refractivity contribution is 5.71. The standard InChI is InChI=1S/C50H96O6/c1-6-8-9-10-11-12-13-14-18-21-24-30-35-40-48(51)54-43-47(56-50(53)42-37-32-27-26-29-34-39-46(5)7-2)44-55-49(52)41-36-31-25-22-19-16-15-17-20-23-28-33-38-45(3)4/h45-47H,6-44H2,1-5H3/t46?,47-/m1/s1. The highest BCUT2D eigenvalue weighted by atomic mass is 16.6. The van der Waals surface area contributed by atoms with Crippen LogP contribution in [0.2, 0.25) is 0 Å². The minimum Gasteiger partial charge on any atom is -0.462 e. The summed E-state index contributed by atoms with van der Waals surface area (Å²) >= 11 is 0. The van der Waals surface area contributed by atoms with Gasteiger partial charge in [0.25, 0.3) is 0 Å². The number of carbonyl (C=O) groups excluding carboxylic acids is 3. The molecule has 0 aromatic carbocycles. The van der Waals surface area contributed by atoms with Crippen LogP contribution in [0, 0.1) is 11.8 Å². The first kappa shape index (κ1) is 54.4. The number of hydrogen-bond acceptors (Lipinski definition) is 6. The first-order chi connectivity index (χ1) is 27.3. The zero-order chi connectivity index (χ0) is 41.2. The molecule has 0 aliphatic heterocycles. The summed E-state index contributed by atoms with van der Waals surface area (Å²) in [7, 11) is 0. The maximum Gasteiger partial charge on any atom is 0.306 e. The molecule has 0 aliphatic carbocycles. The van der Waals surface area contributed by atoms with Crippen LogP contribution < -0.4 is 0 Å². The van der Waals surface area contributed by atoms with Crippen molar-refractivity contribution >= 4 is 17.9 Å². The van der Waals surface area contributed by atoms with Gasteiger partial charge in [0.2, 0.25) is 0 Å². The van der Waals surface area contributed by atoms with Gasteiger partial charge in [-0.1, -0.05) is 234 Å². The van der Waals surface area contributed by atoms with Crippen LogP contribution in [0.3, 0.4) is 0 Å². The smallest absolute Gasteiger partial charge is 0.306 e. The maximum atomic E-state index is 12.7. The van der Waals surface area contributed by atoms with Gasteiger partial charge in [-0.25, -0.2) is 0 Å². The maximum absolute atomic E-state index is 12.7. The molecule has 0 aromatic heterocycles. The summed E-state index contributed by atoms with van der Waals surface area (Å²) in [6.45, 7) is 11.3. The summed E-state index contributed by atoms with van der Waals surface area (Å²) in [6.07, 6.45) is 42.3. The number of hydrogen-bond donors (Lipinski definition) is 0. The molecule has 0 spiro atoms. The summed E-state index contributed by atoms with van der Waals surface area (Å²) in [5, 5.41) is 0. The molecule has 0 heterocycles. The second-order valence-corrected chi connectivity index (χ2v) is 17.8. The third kappa shape index (κ3) is 42.0. The largest absolute Gasteiger partial charge is 0.462 e. The number of rotatable bonds is 44. The quantitative estimate of drug-likeness (QED) is 0.0347. The molecule has 6 nitrogen and oxygen atoms in total. The Morgan fingerprint density at radius 3 is 1.02 bits per heavy atom. The molecular formula is C50H96O6. The molecule has 6 heteroatoms. The lowest BCUT2D eigenvalue weighted by molar-refractivity contribution is -0.167. The number of esters is 3. The minimum atomic E-state index is -0.761. The average Bonchev–Trinajstić information content (AvgIpc) is 3.18. The molecule has 332 valence electrons. The van der Waals surface area contributed by atoms with Crippen molar-refractivity contribution in [2.75, 3.05) is 13.2 Å². The molecule has 0 bridgehead atoms. The fourth-order valence-corrected chi connectivity index (χ4v) is 7.43. The van der Waals surface area contributed by atoms with Gasteiger partial charge in [0.1, 0.15) is 13.2 Å². The van der Waals surface area contributed by atoms with Crippen LogP contribution in [0.1, 0.15) is 272 Å². The number of ether oxygens (including phenoxy) is 3. The Bertz CT molecular complexity index is 856. The fraction of sp³-hybridized carbons (Fsp3) is 0.940. The van der Waals surface area contributed by atoms with E-state index in [-0.39, 0.29) is 31.1 Å². The molecule has 0 radical (unpaired) electrons. The average molecular weight is 793 g/mol. The van der Waals surface area contributed by atoms with Crippen molar-refractivity contribution in [2.24, 2.45) is 11.8 Å². The van der Waals surface area contributed by atoms with Crippen molar-refractivity contribution in [1.82, 2.24) is 0 Å². The molecule has 0 saturated heterocycles. The molecule has 0 fully saturated rings. The van der Waals surface area contributed by atoms with Crippen molar-refractivity contribution in [1.29, 1.82) is 0 Å². The van der Waals surface area contributed by atoms with Gasteiger partial charge in [-0.2, -0.15) is 0 Å². The lowest BCUT2D eigenvalue weighted by atomic mass is 10.00. The summed E-state index contributed by atoms with van der Waals surface area (Å²) in [4.78, 5) is 37.8. The van der Waals surface area contributed by atoms with Crippen LogP contribution >= 0.6 is 0 Å². The van der Waals surface area contributed by atoms with Crippen molar-refractivity contribution < 1.29 is 28.6 Å². The molecule has 0 aromatic rings. The van der Waals surface area contributed by atoms with Gasteiger partial charge >= 0.3 is 17.9 Å². The van der Waals surface area contributed by atoms with E-state index in [1.54, 1.807) is 0 Å². The molecule has 0 amide bonds. The SMILES string of the molecule is CCCCCCCCCCCCCCCC(=O)OC[C@H](COC(=O)CCCCCCCCCCCCCCC(C)C)OC(=O)CCCCCCCCC(C)CC. The van der Waals surface area contributed by atoms with Gasteiger partial charge in [0.05, 0.1) is 0 Å². The van der Waals surface area contributed by atoms with Crippen LogP contribution in [0.25, 0.3) is 0 Å². The Hall–Kier alpha value is -1.59. The fourth-order valence-electron chi connectivity index (χ4n) is 7.43. The van der Waals surface area contributed by atoms with Crippen molar-refractivity contribution in [3.8, 4) is 0 Å². The normalized spacial score (nSPS) is 12.5. The summed E-state index contributed by atoms with van der Waals surface area (Å²) in [6, 6.07) is 0. The van der Waals surface area contributed by atoms with Crippen LogP contribution in [0.15, 0.2) is 0 Å². The van der Waals surface area contributed by atoms with Gasteiger partial charge in [-0.3, -0.25) is 14.4 Å². The highest BCUT2D eigenvalue weighted by Gasteiger charge is 2.19.